The molecule has 0 aromatic heterocycles. The van der Waals surface area contributed by atoms with E-state index >= 15 is 0 Å². The Labute approximate surface area is 98.5 Å². The smallest absolute Gasteiger partial charge is 0.164 e. The molecule has 1 aliphatic heterocycles. The normalized spacial score (nSPS) is 18.7. The van der Waals surface area contributed by atoms with Crippen molar-refractivity contribution in [3.63, 3.8) is 0 Å². The van der Waals surface area contributed by atoms with E-state index in [1.807, 2.05) is 13.8 Å². The van der Waals surface area contributed by atoms with E-state index in [1.54, 1.807) is 7.11 Å². The predicted octanol–water partition coefficient (Wildman–Crippen LogP) is 2.58. The van der Waals surface area contributed by atoms with Crippen molar-refractivity contribution in [3.05, 3.63) is 0 Å². The van der Waals surface area contributed by atoms with E-state index in [0.29, 0.717) is 12.3 Å². The van der Waals surface area contributed by atoms with Crippen molar-refractivity contribution in [1.82, 2.24) is 0 Å². The van der Waals surface area contributed by atoms with Crippen LogP contribution in [0.3, 0.4) is 0 Å². The molecule has 0 atom stereocenters. The summed E-state index contributed by atoms with van der Waals surface area (Å²) in [5, 5.41) is 0. The van der Waals surface area contributed by atoms with Crippen molar-refractivity contribution in [2.45, 2.75) is 51.6 Å². The Bertz CT molecular complexity index is 207. The second-order valence-corrected chi connectivity index (χ2v) is 4.59. The van der Waals surface area contributed by atoms with Gasteiger partial charge in [0, 0.05) is 26.7 Å². The molecule has 94 valence electrons. The Morgan fingerprint density at radius 2 is 1.88 bits per heavy atom. The van der Waals surface area contributed by atoms with E-state index < -0.39 is 5.60 Å². The summed E-state index contributed by atoms with van der Waals surface area (Å²) in [6.07, 6.45) is 4.21. The first-order valence-corrected chi connectivity index (χ1v) is 6.34. The van der Waals surface area contributed by atoms with Crippen LogP contribution in [0.15, 0.2) is 0 Å². The van der Waals surface area contributed by atoms with Gasteiger partial charge in [-0.2, -0.15) is 0 Å². The Hall–Kier alpha value is -0.410. The highest BCUT2D eigenvalue weighted by Gasteiger charge is 2.35. The number of carbonyl (C=O) groups excluding carboxylic acids is 1. The van der Waals surface area contributed by atoms with Crippen LogP contribution >= 0.6 is 0 Å². The Kier molecular flexibility index (Phi) is 5.42. The minimum atomic E-state index is -0.543. The van der Waals surface area contributed by atoms with Crippen LogP contribution in [0.5, 0.6) is 0 Å². The highest BCUT2D eigenvalue weighted by atomic mass is 16.5. The lowest BCUT2D eigenvalue weighted by molar-refractivity contribution is -0.143. The summed E-state index contributed by atoms with van der Waals surface area (Å²) in [5.41, 5.74) is -0.543. The third-order valence-electron chi connectivity index (χ3n) is 3.86. The maximum atomic E-state index is 12.3. The van der Waals surface area contributed by atoms with Gasteiger partial charge in [-0.15, -0.1) is 0 Å². The number of methoxy groups -OCH3 is 1. The van der Waals surface area contributed by atoms with E-state index in [2.05, 4.69) is 0 Å². The summed E-state index contributed by atoms with van der Waals surface area (Å²) in [5.74, 6) is 0.765. The molecule has 0 N–H and O–H groups in total. The molecule has 0 spiro atoms. The van der Waals surface area contributed by atoms with Crippen molar-refractivity contribution < 1.29 is 14.3 Å². The third kappa shape index (κ3) is 3.05. The van der Waals surface area contributed by atoms with Gasteiger partial charge in [0.25, 0.3) is 0 Å². The Balaban J connectivity index is 2.54. The molecule has 16 heavy (non-hydrogen) atoms. The van der Waals surface area contributed by atoms with Gasteiger partial charge in [0.15, 0.2) is 5.78 Å². The van der Waals surface area contributed by atoms with Crippen molar-refractivity contribution in [2.24, 2.45) is 5.92 Å². The lowest BCUT2D eigenvalue weighted by Gasteiger charge is -2.31. The van der Waals surface area contributed by atoms with E-state index in [9.17, 15) is 4.79 Å². The van der Waals surface area contributed by atoms with Crippen molar-refractivity contribution in [3.8, 4) is 0 Å². The molecule has 0 aromatic carbocycles. The SMILES string of the molecule is CCC(CC)(OC)C(=O)CC1CCOCC1. The highest BCUT2D eigenvalue weighted by Crippen LogP contribution is 2.27. The zero-order valence-electron chi connectivity index (χ0n) is 10.8. The summed E-state index contributed by atoms with van der Waals surface area (Å²) in [6, 6.07) is 0. The molecule has 1 saturated heterocycles. The highest BCUT2D eigenvalue weighted by molar-refractivity contribution is 5.87. The van der Waals surface area contributed by atoms with E-state index in [-0.39, 0.29) is 5.78 Å². The number of rotatable bonds is 6. The quantitative estimate of drug-likeness (QED) is 0.701. The van der Waals surface area contributed by atoms with Gasteiger partial charge in [0.2, 0.25) is 0 Å². The van der Waals surface area contributed by atoms with Gasteiger partial charge in [-0.25, -0.2) is 0 Å². The zero-order chi connectivity index (χ0) is 12.0. The summed E-state index contributed by atoms with van der Waals surface area (Å²) in [4.78, 5) is 12.3. The molecule has 1 heterocycles. The van der Waals surface area contributed by atoms with Crippen LogP contribution in [0.25, 0.3) is 0 Å². The average Bonchev–Trinajstić information content (AvgIpc) is 2.33. The van der Waals surface area contributed by atoms with Crippen LogP contribution in [0.1, 0.15) is 46.0 Å². The van der Waals surface area contributed by atoms with Gasteiger partial charge in [0.05, 0.1) is 0 Å². The second-order valence-electron chi connectivity index (χ2n) is 4.59. The molecule has 1 rings (SSSR count). The molecule has 0 amide bonds. The first-order chi connectivity index (χ1) is 7.68. The van der Waals surface area contributed by atoms with Crippen molar-refractivity contribution >= 4 is 5.78 Å². The van der Waals surface area contributed by atoms with E-state index in [0.717, 1.165) is 38.9 Å². The molecule has 0 unspecified atom stereocenters. The predicted molar refractivity (Wildman–Crippen MR) is 63.5 cm³/mol. The number of Topliss-reactive ketones (excluding diaryl/α,β-unsaturated/α-hetero) is 1. The maximum absolute atomic E-state index is 12.3. The van der Waals surface area contributed by atoms with E-state index in [1.165, 1.54) is 0 Å². The maximum Gasteiger partial charge on any atom is 0.164 e. The number of carbonyl (C=O) groups is 1. The number of hydrogen-bond acceptors (Lipinski definition) is 3. The monoisotopic (exact) mass is 228 g/mol. The van der Waals surface area contributed by atoms with Crippen LogP contribution in [0.4, 0.5) is 0 Å². The van der Waals surface area contributed by atoms with Gasteiger partial charge in [-0.1, -0.05) is 13.8 Å². The molecule has 0 aliphatic carbocycles. The van der Waals surface area contributed by atoms with Gasteiger partial charge in [-0.05, 0) is 31.6 Å². The van der Waals surface area contributed by atoms with Crippen LogP contribution in [0.2, 0.25) is 0 Å². The molecule has 3 heteroatoms. The second kappa shape index (κ2) is 6.36. The first-order valence-electron chi connectivity index (χ1n) is 6.34. The van der Waals surface area contributed by atoms with Crippen LogP contribution in [-0.4, -0.2) is 31.7 Å². The van der Waals surface area contributed by atoms with Gasteiger partial charge < -0.3 is 9.47 Å². The van der Waals surface area contributed by atoms with Crippen LogP contribution in [-0.2, 0) is 14.3 Å². The van der Waals surface area contributed by atoms with Crippen LogP contribution < -0.4 is 0 Å². The third-order valence-corrected chi connectivity index (χ3v) is 3.86. The van der Waals surface area contributed by atoms with Crippen molar-refractivity contribution in [2.75, 3.05) is 20.3 Å². The molecule has 1 aliphatic rings. The molecule has 0 aromatic rings. The minimum absolute atomic E-state index is 0.270. The van der Waals surface area contributed by atoms with Crippen molar-refractivity contribution in [1.29, 1.82) is 0 Å². The summed E-state index contributed by atoms with van der Waals surface area (Å²) in [7, 11) is 1.65. The molecular weight excluding hydrogens is 204 g/mol. The molecular formula is C13H24O3. The van der Waals surface area contributed by atoms with Gasteiger partial charge >= 0.3 is 0 Å². The lowest BCUT2D eigenvalue weighted by atomic mass is 9.84. The molecule has 3 nitrogen and oxygen atoms in total. The van der Waals surface area contributed by atoms with Gasteiger partial charge in [0.1, 0.15) is 5.60 Å². The van der Waals surface area contributed by atoms with Gasteiger partial charge in [-0.3, -0.25) is 4.79 Å². The standard InChI is InChI=1S/C13H24O3/c1-4-13(5-2,15-3)12(14)10-11-6-8-16-9-7-11/h11H,4-10H2,1-3H3. The fourth-order valence-corrected chi connectivity index (χ4v) is 2.45. The largest absolute Gasteiger partial charge is 0.381 e. The zero-order valence-corrected chi connectivity index (χ0v) is 10.8. The summed E-state index contributed by atoms with van der Waals surface area (Å²) < 4.78 is 10.8. The summed E-state index contributed by atoms with van der Waals surface area (Å²) >= 11 is 0. The molecule has 1 fully saturated rings. The fourth-order valence-electron chi connectivity index (χ4n) is 2.45. The molecule has 0 bridgehead atoms. The first kappa shape index (κ1) is 13.7. The minimum Gasteiger partial charge on any atom is -0.381 e. The topological polar surface area (TPSA) is 35.5 Å². The van der Waals surface area contributed by atoms with Crippen LogP contribution in [0, 0.1) is 5.92 Å². The Morgan fingerprint density at radius 1 is 1.31 bits per heavy atom. The number of hydrogen-bond donors (Lipinski definition) is 0. The van der Waals surface area contributed by atoms with E-state index in [4.69, 9.17) is 9.47 Å². The Morgan fingerprint density at radius 3 is 2.31 bits per heavy atom. The fraction of sp³-hybridized carbons (Fsp3) is 0.923. The number of ether oxygens (including phenoxy) is 2. The molecule has 0 saturated carbocycles. The lowest BCUT2D eigenvalue weighted by Crippen LogP contribution is -2.40. The molecule has 0 radical (unpaired) electrons. The average molecular weight is 228 g/mol. The summed E-state index contributed by atoms with van der Waals surface area (Å²) in [6.45, 7) is 5.65. The number of ketones is 1.